The molecule has 1 aliphatic rings. The van der Waals surface area contributed by atoms with Crippen LogP contribution in [0, 0.1) is 78.4 Å². The summed E-state index contributed by atoms with van der Waals surface area (Å²) >= 11 is 0. The molecule has 1 aliphatic heterocycles. The molecule has 1 heterocycles. The average Bonchev–Trinajstić information content (AvgIpc) is 3.51. The highest BCUT2D eigenvalue weighted by Crippen LogP contribution is 2.29. The molecule has 8 nitrogen and oxygen atoms in total. The molecule has 0 aromatic heterocycles. The van der Waals surface area contributed by atoms with Gasteiger partial charge in [-0.3, -0.25) is 4.79 Å². The van der Waals surface area contributed by atoms with Gasteiger partial charge in [-0.05, 0) is 123 Å². The smallest absolute Gasteiger partial charge is 0.206 e. The van der Waals surface area contributed by atoms with Gasteiger partial charge in [-0.2, -0.15) is 8.78 Å². The molecule has 7 rings (SSSR count). The van der Waals surface area contributed by atoms with Crippen LogP contribution < -0.4 is 28.6 Å². The van der Waals surface area contributed by atoms with Crippen molar-refractivity contribution in [2.45, 2.75) is 117 Å². The fourth-order valence-electron chi connectivity index (χ4n) is 6.80. The van der Waals surface area contributed by atoms with Gasteiger partial charge in [0.1, 0.15) is 23.0 Å². The summed E-state index contributed by atoms with van der Waals surface area (Å²) < 4.78 is 90.8. The number of hydrogen-bond donors (Lipinski definition) is 0. The van der Waals surface area contributed by atoms with E-state index in [9.17, 15) is 26.7 Å². The molecule has 460 valence electrons. The van der Waals surface area contributed by atoms with Crippen LogP contribution in [-0.2, 0) is 0 Å². The van der Waals surface area contributed by atoms with E-state index in [1.54, 1.807) is 13.8 Å². The van der Waals surface area contributed by atoms with Gasteiger partial charge < -0.3 is 33.5 Å². The third-order valence-corrected chi connectivity index (χ3v) is 11.6. The number of ketones is 1. The number of Topliss-reactive ketones (excluding diaryl/α,β-unsaturated/α-hetero) is 1. The van der Waals surface area contributed by atoms with E-state index in [1.165, 1.54) is 16.8 Å². The molecule has 0 N–H and O–H groups in total. The Balaban J connectivity index is 0.000000501. The zero-order valence-corrected chi connectivity index (χ0v) is 51.7. The zero-order valence-electron chi connectivity index (χ0n) is 51.7. The second kappa shape index (κ2) is 41.4. The van der Waals surface area contributed by atoms with Crippen LogP contribution >= 0.6 is 0 Å². The number of aryl methyl sites for hydroxylation is 2. The Morgan fingerprint density at radius 3 is 1.07 bits per heavy atom. The molecule has 0 amide bonds. The van der Waals surface area contributed by atoms with Crippen molar-refractivity contribution >= 4 is 11.5 Å². The van der Waals surface area contributed by atoms with Crippen molar-refractivity contribution in [2.24, 2.45) is 35.5 Å². The number of para-hydroxylation sites is 1. The van der Waals surface area contributed by atoms with E-state index in [1.807, 2.05) is 84.9 Å². The van der Waals surface area contributed by atoms with Crippen LogP contribution in [0.2, 0.25) is 0 Å². The number of anilines is 1. The first-order valence-corrected chi connectivity index (χ1v) is 28.8. The summed E-state index contributed by atoms with van der Waals surface area (Å²) in [5, 5.41) is 0. The van der Waals surface area contributed by atoms with E-state index in [-0.39, 0.29) is 25.7 Å². The molecular formula is C70H99F5N2O6. The van der Waals surface area contributed by atoms with Crippen LogP contribution in [0.5, 0.6) is 28.7 Å². The van der Waals surface area contributed by atoms with E-state index in [0.717, 1.165) is 87.6 Å². The van der Waals surface area contributed by atoms with Crippen molar-refractivity contribution in [1.82, 2.24) is 4.90 Å². The number of halogens is 5. The van der Waals surface area contributed by atoms with E-state index >= 15 is 0 Å². The third-order valence-electron chi connectivity index (χ3n) is 11.6. The first-order chi connectivity index (χ1) is 38.9. The van der Waals surface area contributed by atoms with Crippen LogP contribution in [0.25, 0.3) is 0 Å². The predicted molar refractivity (Wildman–Crippen MR) is 334 cm³/mol. The molecule has 6 aromatic carbocycles. The molecule has 1 saturated heterocycles. The molecule has 1 fully saturated rings. The van der Waals surface area contributed by atoms with Gasteiger partial charge in [-0.15, -0.1) is 0 Å². The summed E-state index contributed by atoms with van der Waals surface area (Å²) in [6.07, 6.45) is 1.65. The van der Waals surface area contributed by atoms with Gasteiger partial charge in [0.2, 0.25) is 29.1 Å². The number of benzene rings is 6. The summed E-state index contributed by atoms with van der Waals surface area (Å²) in [6, 6.07) is 44.2. The lowest BCUT2D eigenvalue weighted by Gasteiger charge is -2.34. The van der Waals surface area contributed by atoms with Crippen molar-refractivity contribution in [3.05, 3.63) is 179 Å². The average molecular weight is 1160 g/mol. The first-order valence-electron chi connectivity index (χ1n) is 28.8. The lowest BCUT2D eigenvalue weighted by atomic mass is 10.0. The SMILES string of the molecule is C.CC(C)CCC(=O)c1ccccc1.CC(C)COc1c(F)c(F)c(F)c(F)c1F.CC(C)COc1ccc(N2CCN(C)CC2)cc1.CC(C)COc1ccccc1.Cc1ccc(OCC(C)C)cc1.Cc1ccc(OCC(C)C)cc1. The van der Waals surface area contributed by atoms with Gasteiger partial charge >= 0.3 is 0 Å². The Hall–Kier alpha value is -6.60. The van der Waals surface area contributed by atoms with Crippen LogP contribution in [0.3, 0.4) is 0 Å². The van der Waals surface area contributed by atoms with Gasteiger partial charge in [0.25, 0.3) is 0 Å². The van der Waals surface area contributed by atoms with E-state index < -0.39 is 34.8 Å². The molecular weight excluding hydrogens is 1060 g/mol. The van der Waals surface area contributed by atoms with E-state index in [2.05, 4.69) is 153 Å². The number of carbonyl (C=O) groups excluding carboxylic acids is 1. The maximum Gasteiger partial charge on any atom is 0.206 e. The molecule has 0 bridgehead atoms. The summed E-state index contributed by atoms with van der Waals surface area (Å²) in [6.45, 7) is 36.5. The second-order valence-corrected chi connectivity index (χ2v) is 22.9. The number of piperazine rings is 1. The Kier molecular flexibility index (Phi) is 37.1. The number of ether oxygens (including phenoxy) is 5. The first kappa shape index (κ1) is 74.4. The Morgan fingerprint density at radius 1 is 0.410 bits per heavy atom. The van der Waals surface area contributed by atoms with Crippen LogP contribution in [0.4, 0.5) is 27.6 Å². The van der Waals surface area contributed by atoms with Crippen molar-refractivity contribution in [3.63, 3.8) is 0 Å². The molecule has 0 atom stereocenters. The molecule has 0 aliphatic carbocycles. The fraction of sp³-hybridized carbons (Fsp3) is 0.471. The number of carbonyl (C=O) groups is 1. The normalized spacial score (nSPS) is 11.8. The van der Waals surface area contributed by atoms with E-state index in [0.29, 0.717) is 36.0 Å². The largest absolute Gasteiger partial charge is 0.493 e. The molecule has 0 spiro atoms. The van der Waals surface area contributed by atoms with Gasteiger partial charge in [-0.25, -0.2) is 13.2 Å². The number of hydrogen-bond acceptors (Lipinski definition) is 8. The molecule has 83 heavy (non-hydrogen) atoms. The molecule has 13 heteroatoms. The molecule has 0 unspecified atom stereocenters. The number of likely N-dealkylation sites (N-methyl/N-ethyl adjacent to an activating group) is 1. The summed E-state index contributed by atoms with van der Waals surface area (Å²) in [7, 11) is 2.18. The number of rotatable bonds is 20. The van der Waals surface area contributed by atoms with E-state index in [4.69, 9.17) is 18.9 Å². The monoisotopic (exact) mass is 1160 g/mol. The Morgan fingerprint density at radius 2 is 0.723 bits per heavy atom. The standard InChI is InChI=1S/C15H24N2O.C12H16O.2C11H16O.C10H9F5O.C10H14O.CH4/c1-13(2)12-18-15-6-4-14(5-7-15)17-10-8-16(3)9-11-17;1-10(2)8-9-12(13)11-6-4-3-5-7-11;2*1-9(2)8-12-11-6-4-10(3)5-7-11;1-4(2)3-16-10-8(14)6(12)5(11)7(13)9(10)15;1-9(2)8-11-10-6-4-3-5-7-10;/h4-7,13H,8-12H2,1-3H3;3-7,10H,8-9H2,1-2H3;2*4-7,9H,8H2,1-3H3;4H,3H2,1-2H3;3-7,9H,8H2,1-2H3;1H4. The second-order valence-electron chi connectivity index (χ2n) is 22.9. The minimum absolute atomic E-state index is 0. The fourth-order valence-corrected chi connectivity index (χ4v) is 6.80. The Bertz CT molecular complexity index is 2530. The quantitative estimate of drug-likeness (QED) is 0.0324. The maximum absolute atomic E-state index is 13.0. The minimum Gasteiger partial charge on any atom is -0.493 e. The van der Waals surface area contributed by atoms with Crippen molar-refractivity contribution in [1.29, 1.82) is 0 Å². The topological polar surface area (TPSA) is 69.7 Å². The minimum atomic E-state index is -2.19. The summed E-state index contributed by atoms with van der Waals surface area (Å²) in [5.41, 5.74) is 4.68. The molecule has 0 radical (unpaired) electrons. The summed E-state index contributed by atoms with van der Waals surface area (Å²) in [4.78, 5) is 16.4. The lowest BCUT2D eigenvalue weighted by Crippen LogP contribution is -2.44. The van der Waals surface area contributed by atoms with Crippen molar-refractivity contribution < 1.29 is 50.4 Å². The van der Waals surface area contributed by atoms with Crippen molar-refractivity contribution in [3.8, 4) is 28.7 Å². The van der Waals surface area contributed by atoms with Gasteiger partial charge in [0.05, 0.1) is 33.0 Å². The maximum atomic E-state index is 13.0. The molecule has 6 aromatic rings. The third kappa shape index (κ3) is 32.7. The highest BCUT2D eigenvalue weighted by atomic mass is 19.2. The molecule has 0 saturated carbocycles. The van der Waals surface area contributed by atoms with Gasteiger partial charge in [0.15, 0.2) is 11.5 Å². The Labute approximate surface area is 496 Å². The summed E-state index contributed by atoms with van der Waals surface area (Å²) in [5.74, 6) is -4.35. The van der Waals surface area contributed by atoms with Gasteiger partial charge in [0, 0.05) is 43.9 Å². The van der Waals surface area contributed by atoms with Crippen LogP contribution in [0.15, 0.2) is 133 Å². The predicted octanol–water partition coefficient (Wildman–Crippen LogP) is 18.6. The highest BCUT2D eigenvalue weighted by Gasteiger charge is 2.27. The number of nitrogens with zero attached hydrogens (tertiary/aromatic N) is 2. The van der Waals surface area contributed by atoms with Crippen molar-refractivity contribution in [2.75, 3.05) is 71.2 Å². The van der Waals surface area contributed by atoms with Crippen LogP contribution in [-0.4, -0.2) is 76.9 Å². The highest BCUT2D eigenvalue weighted by molar-refractivity contribution is 5.95. The zero-order chi connectivity index (χ0) is 61.1. The van der Waals surface area contributed by atoms with Crippen LogP contribution in [0.1, 0.15) is 125 Å². The lowest BCUT2D eigenvalue weighted by molar-refractivity contribution is 0.0975. The van der Waals surface area contributed by atoms with Gasteiger partial charge in [-0.1, -0.05) is 174 Å².